The zero-order chi connectivity index (χ0) is 31.7. The van der Waals surface area contributed by atoms with Crippen LogP contribution >= 0.6 is 23.2 Å². The zero-order valence-corrected chi connectivity index (χ0v) is 26.9. The minimum atomic E-state index is -0.979. The second kappa shape index (κ2) is 13.5. The number of carboxylic acids is 1. The van der Waals surface area contributed by atoms with Crippen LogP contribution in [0, 0.1) is 0 Å². The van der Waals surface area contributed by atoms with E-state index in [2.05, 4.69) is 18.7 Å². The van der Waals surface area contributed by atoms with Crippen molar-refractivity contribution in [1.82, 2.24) is 9.80 Å². The molecule has 3 aliphatic heterocycles. The number of para-hydroxylation sites is 1. The summed E-state index contributed by atoms with van der Waals surface area (Å²) in [5.74, 6) is -0.104. The van der Waals surface area contributed by atoms with E-state index in [1.807, 2.05) is 29.2 Å². The predicted octanol–water partition coefficient (Wildman–Crippen LogP) is 6.44. The molecule has 9 nitrogen and oxygen atoms in total. The van der Waals surface area contributed by atoms with E-state index < -0.39 is 5.97 Å². The molecular weight excluding hydrogens is 617 g/mol. The third-order valence-electron chi connectivity index (χ3n) is 8.74. The summed E-state index contributed by atoms with van der Waals surface area (Å²) in [6.45, 7) is 8.95. The molecular formula is C34H37Cl2N3O6. The van der Waals surface area contributed by atoms with Gasteiger partial charge < -0.3 is 34.0 Å². The predicted molar refractivity (Wildman–Crippen MR) is 174 cm³/mol. The molecule has 6 rings (SSSR count). The highest BCUT2D eigenvalue weighted by atomic mass is 35.5. The molecule has 0 radical (unpaired) electrons. The van der Waals surface area contributed by atoms with Gasteiger partial charge in [-0.2, -0.15) is 0 Å². The molecule has 3 aromatic carbocycles. The van der Waals surface area contributed by atoms with Gasteiger partial charge >= 0.3 is 5.97 Å². The van der Waals surface area contributed by atoms with Crippen LogP contribution in [0.25, 0.3) is 11.1 Å². The first-order valence-corrected chi connectivity index (χ1v) is 16.1. The van der Waals surface area contributed by atoms with Gasteiger partial charge in [0.2, 0.25) is 0 Å². The molecule has 2 saturated heterocycles. The van der Waals surface area contributed by atoms with E-state index in [0.717, 1.165) is 42.6 Å². The van der Waals surface area contributed by atoms with E-state index in [0.29, 0.717) is 56.1 Å². The molecule has 3 aliphatic rings. The van der Waals surface area contributed by atoms with E-state index in [1.165, 1.54) is 0 Å². The lowest BCUT2D eigenvalue weighted by Crippen LogP contribution is -2.41. The van der Waals surface area contributed by atoms with Crippen molar-refractivity contribution in [2.75, 3.05) is 51.0 Å². The van der Waals surface area contributed by atoms with Gasteiger partial charge in [0.15, 0.2) is 6.73 Å². The molecule has 0 atom stereocenters. The maximum Gasteiger partial charge on any atom is 0.337 e. The molecule has 0 aliphatic carbocycles. The number of hydrogen-bond donors (Lipinski definition) is 1. The number of fused-ring (bicyclic) bond motifs is 1. The number of hydrogen-bond acceptors (Lipinski definition) is 7. The van der Waals surface area contributed by atoms with Gasteiger partial charge in [-0.15, -0.1) is 0 Å². The molecule has 0 bridgehead atoms. The number of likely N-dealkylation sites (tertiary alicyclic amines) is 1. The third kappa shape index (κ3) is 6.72. The maximum absolute atomic E-state index is 13.7. The second-order valence-electron chi connectivity index (χ2n) is 11.9. The summed E-state index contributed by atoms with van der Waals surface area (Å²) in [4.78, 5) is 31.7. The van der Waals surface area contributed by atoms with E-state index >= 15 is 0 Å². The van der Waals surface area contributed by atoms with Crippen LogP contribution in [-0.2, 0) is 11.3 Å². The highest BCUT2D eigenvalue weighted by Gasteiger charge is 2.29. The Morgan fingerprint density at radius 3 is 2.36 bits per heavy atom. The van der Waals surface area contributed by atoms with Gasteiger partial charge in [-0.3, -0.25) is 4.79 Å². The minimum Gasteiger partial charge on any atom is -0.490 e. The number of benzene rings is 3. The standard InChI is InChI=1S/C34H37Cl2N3O6/c1-21(2)37-10-8-24(9-11-37)45-25-17-28(35)31(29(36)18-25)33(40)39-19-23-4-3-5-26(32(23)44-20-39)22-6-7-27(34(41)42)30(16-22)38-12-14-43-15-13-38/h3-7,16-18,21,24H,8-15,19-20H2,1-2H3,(H,41,42). The molecule has 11 heteroatoms. The van der Waals surface area contributed by atoms with Crippen molar-refractivity contribution < 1.29 is 28.9 Å². The Balaban J connectivity index is 1.19. The molecule has 1 amide bonds. The summed E-state index contributed by atoms with van der Waals surface area (Å²) in [6, 6.07) is 14.9. The van der Waals surface area contributed by atoms with Crippen molar-refractivity contribution >= 4 is 40.8 Å². The summed E-state index contributed by atoms with van der Waals surface area (Å²) in [6.07, 6.45) is 1.90. The van der Waals surface area contributed by atoms with Crippen molar-refractivity contribution in [3.05, 3.63) is 75.3 Å². The number of carboxylic acid groups (broad SMARTS) is 1. The van der Waals surface area contributed by atoms with Gasteiger partial charge in [0.1, 0.15) is 17.6 Å². The maximum atomic E-state index is 13.7. The highest BCUT2D eigenvalue weighted by molar-refractivity contribution is 6.39. The van der Waals surface area contributed by atoms with E-state index in [4.69, 9.17) is 37.4 Å². The van der Waals surface area contributed by atoms with Crippen molar-refractivity contribution in [2.45, 2.75) is 45.4 Å². The van der Waals surface area contributed by atoms with Crippen LogP contribution in [-0.4, -0.2) is 85.1 Å². The molecule has 0 unspecified atom stereocenters. The molecule has 3 heterocycles. The monoisotopic (exact) mass is 653 g/mol. The summed E-state index contributed by atoms with van der Waals surface area (Å²) in [7, 11) is 0. The number of rotatable bonds is 7. The number of ether oxygens (including phenoxy) is 3. The Morgan fingerprint density at radius 1 is 0.978 bits per heavy atom. The molecule has 3 aromatic rings. The second-order valence-corrected chi connectivity index (χ2v) is 12.7. The fraction of sp³-hybridized carbons (Fsp3) is 0.412. The summed E-state index contributed by atoms with van der Waals surface area (Å²) < 4.78 is 17.9. The molecule has 45 heavy (non-hydrogen) atoms. The zero-order valence-electron chi connectivity index (χ0n) is 25.4. The van der Waals surface area contributed by atoms with Gasteiger partial charge in [-0.1, -0.05) is 47.5 Å². The van der Waals surface area contributed by atoms with Crippen molar-refractivity contribution in [2.24, 2.45) is 0 Å². The van der Waals surface area contributed by atoms with Crippen LogP contribution < -0.4 is 14.4 Å². The van der Waals surface area contributed by atoms with Crippen LogP contribution in [0.5, 0.6) is 11.5 Å². The largest absolute Gasteiger partial charge is 0.490 e. The first kappa shape index (κ1) is 31.5. The van der Waals surface area contributed by atoms with Crippen LogP contribution in [0.3, 0.4) is 0 Å². The number of carbonyl (C=O) groups excluding carboxylic acids is 1. The van der Waals surface area contributed by atoms with Crippen molar-refractivity contribution in [3.63, 3.8) is 0 Å². The first-order chi connectivity index (χ1) is 21.7. The Morgan fingerprint density at radius 2 is 1.69 bits per heavy atom. The number of halogens is 2. The Kier molecular flexibility index (Phi) is 9.42. The molecule has 0 saturated carbocycles. The Hall–Kier alpha value is -3.50. The number of aromatic carboxylic acids is 1. The van der Waals surface area contributed by atoms with E-state index in [1.54, 1.807) is 29.2 Å². The van der Waals surface area contributed by atoms with Gasteiger partial charge in [0.05, 0.1) is 46.6 Å². The topological polar surface area (TPSA) is 91.8 Å². The van der Waals surface area contributed by atoms with E-state index in [-0.39, 0.29) is 39.9 Å². The van der Waals surface area contributed by atoms with Crippen molar-refractivity contribution in [3.8, 4) is 22.6 Å². The number of carbonyl (C=O) groups is 2. The average Bonchev–Trinajstić information content (AvgIpc) is 3.04. The number of nitrogens with zero attached hydrogens (tertiary/aromatic N) is 3. The van der Waals surface area contributed by atoms with E-state index in [9.17, 15) is 14.7 Å². The normalized spacial score (nSPS) is 17.6. The minimum absolute atomic E-state index is 0.00567. The number of anilines is 1. The SMILES string of the molecule is CC(C)N1CCC(Oc2cc(Cl)c(C(=O)N3COc4c(cccc4-c4ccc(C(=O)O)c(N5CCOCC5)c4)C3)c(Cl)c2)CC1. The lowest BCUT2D eigenvalue weighted by atomic mass is 9.97. The molecule has 0 spiro atoms. The van der Waals surface area contributed by atoms with Crippen LogP contribution in [0.15, 0.2) is 48.5 Å². The Labute approximate surface area is 273 Å². The summed E-state index contributed by atoms with van der Waals surface area (Å²) in [5, 5.41) is 10.3. The third-order valence-corrected chi connectivity index (χ3v) is 9.34. The number of amides is 1. The van der Waals surface area contributed by atoms with Crippen LogP contribution in [0.1, 0.15) is 53.0 Å². The van der Waals surface area contributed by atoms with Gasteiger partial charge in [0.25, 0.3) is 5.91 Å². The van der Waals surface area contributed by atoms with Gasteiger partial charge in [-0.05, 0) is 56.5 Å². The fourth-order valence-electron chi connectivity index (χ4n) is 6.26. The summed E-state index contributed by atoms with van der Waals surface area (Å²) >= 11 is 13.3. The average molecular weight is 655 g/mol. The van der Waals surface area contributed by atoms with Gasteiger partial charge in [-0.25, -0.2) is 4.79 Å². The molecule has 1 N–H and O–H groups in total. The smallest absolute Gasteiger partial charge is 0.337 e. The lowest BCUT2D eigenvalue weighted by Gasteiger charge is -2.34. The molecule has 2 fully saturated rings. The Bertz CT molecular complexity index is 1560. The molecule has 0 aromatic heterocycles. The van der Waals surface area contributed by atoms with Crippen LogP contribution in [0.4, 0.5) is 5.69 Å². The quantitative estimate of drug-likeness (QED) is 0.312. The highest BCUT2D eigenvalue weighted by Crippen LogP contribution is 2.40. The lowest BCUT2D eigenvalue weighted by molar-refractivity contribution is 0.0516. The van der Waals surface area contributed by atoms with Crippen LogP contribution in [0.2, 0.25) is 10.0 Å². The number of morpholine rings is 1. The fourth-order valence-corrected chi connectivity index (χ4v) is 6.89. The van der Waals surface area contributed by atoms with Crippen molar-refractivity contribution in [1.29, 1.82) is 0 Å². The van der Waals surface area contributed by atoms with Gasteiger partial charge in [0, 0.05) is 43.3 Å². The molecule has 238 valence electrons. The first-order valence-electron chi connectivity index (χ1n) is 15.3. The summed E-state index contributed by atoms with van der Waals surface area (Å²) in [5.41, 5.74) is 3.57. The number of piperidine rings is 1.